The lowest BCUT2D eigenvalue weighted by Gasteiger charge is -2.16. The van der Waals surface area contributed by atoms with Crippen LogP contribution in [-0.4, -0.2) is 12.1 Å². The van der Waals surface area contributed by atoms with Gasteiger partial charge in [0.05, 0.1) is 18.3 Å². The van der Waals surface area contributed by atoms with E-state index in [4.69, 9.17) is 14.5 Å². The van der Waals surface area contributed by atoms with Gasteiger partial charge in [0, 0.05) is 22.9 Å². The Hall–Kier alpha value is -2.81. The van der Waals surface area contributed by atoms with E-state index >= 15 is 0 Å². The van der Waals surface area contributed by atoms with Gasteiger partial charge in [-0.2, -0.15) is 0 Å². The van der Waals surface area contributed by atoms with E-state index in [0.29, 0.717) is 5.92 Å². The molecule has 1 aliphatic carbocycles. The van der Waals surface area contributed by atoms with Crippen molar-refractivity contribution < 1.29 is 9.47 Å². The second kappa shape index (κ2) is 6.00. The van der Waals surface area contributed by atoms with Gasteiger partial charge in [0.2, 0.25) is 0 Å². The summed E-state index contributed by atoms with van der Waals surface area (Å²) in [6, 6.07) is 15.7. The Morgan fingerprint density at radius 1 is 1.08 bits per heavy atom. The largest absolute Gasteiger partial charge is 0.497 e. The molecule has 24 heavy (non-hydrogen) atoms. The maximum atomic E-state index is 6.28. The summed E-state index contributed by atoms with van der Waals surface area (Å²) in [6.45, 7) is 4.00. The number of pyridine rings is 1. The maximum absolute atomic E-state index is 6.28. The van der Waals surface area contributed by atoms with Gasteiger partial charge in [-0.1, -0.05) is 30.9 Å². The summed E-state index contributed by atoms with van der Waals surface area (Å²) >= 11 is 0. The lowest BCUT2D eigenvalue weighted by atomic mass is 10.0. The molecule has 1 saturated carbocycles. The molecule has 3 nitrogen and oxygen atoms in total. The van der Waals surface area contributed by atoms with Crippen molar-refractivity contribution in [2.75, 3.05) is 7.11 Å². The number of benzene rings is 2. The van der Waals surface area contributed by atoms with Crippen LogP contribution in [-0.2, 0) is 0 Å². The fourth-order valence-corrected chi connectivity index (χ4v) is 2.97. The minimum atomic E-state index is 0.523. The van der Waals surface area contributed by atoms with Crippen molar-refractivity contribution in [3.63, 3.8) is 0 Å². The average molecular weight is 317 g/mol. The van der Waals surface area contributed by atoms with Crippen LogP contribution >= 0.6 is 0 Å². The van der Waals surface area contributed by atoms with Crippen LogP contribution in [0.5, 0.6) is 17.2 Å². The number of hydrogen-bond donors (Lipinski definition) is 0. The molecule has 0 bridgehead atoms. The van der Waals surface area contributed by atoms with E-state index in [-0.39, 0.29) is 0 Å². The molecule has 4 rings (SSSR count). The molecule has 0 aliphatic heterocycles. The summed E-state index contributed by atoms with van der Waals surface area (Å²) in [7, 11) is 1.65. The van der Waals surface area contributed by atoms with E-state index in [1.807, 2.05) is 54.6 Å². The smallest absolute Gasteiger partial charge is 0.145 e. The minimum absolute atomic E-state index is 0.523. The lowest BCUT2D eigenvalue weighted by molar-refractivity contribution is 0.409. The summed E-state index contributed by atoms with van der Waals surface area (Å²) in [5.41, 5.74) is 3.06. The Morgan fingerprint density at radius 3 is 2.62 bits per heavy atom. The monoisotopic (exact) mass is 317 g/mol. The molecule has 120 valence electrons. The number of nitrogens with zero attached hydrogens (tertiary/aromatic N) is 1. The third-order valence-electron chi connectivity index (χ3n) is 4.34. The van der Waals surface area contributed by atoms with E-state index in [1.54, 1.807) is 7.11 Å². The normalized spacial score (nSPS) is 13.7. The van der Waals surface area contributed by atoms with Crippen LogP contribution in [0.1, 0.15) is 30.0 Å². The molecule has 1 fully saturated rings. The molecule has 3 heteroatoms. The number of aromatic nitrogens is 1. The molecule has 0 unspecified atom stereocenters. The molecule has 1 aliphatic rings. The Bertz CT molecular complexity index is 913. The number of ether oxygens (including phenoxy) is 2. The highest BCUT2D eigenvalue weighted by molar-refractivity contribution is 5.90. The summed E-state index contributed by atoms with van der Waals surface area (Å²) in [4.78, 5) is 4.87. The number of methoxy groups -OCH3 is 1. The van der Waals surface area contributed by atoms with Gasteiger partial charge in [-0.25, -0.2) is 0 Å². The fraction of sp³-hybridized carbons (Fsp3) is 0.190. The number of rotatable bonds is 5. The highest BCUT2D eigenvalue weighted by atomic mass is 16.5. The summed E-state index contributed by atoms with van der Waals surface area (Å²) < 4.78 is 11.6. The number of para-hydroxylation sites is 1. The topological polar surface area (TPSA) is 31.4 Å². The van der Waals surface area contributed by atoms with Crippen molar-refractivity contribution in [2.45, 2.75) is 18.8 Å². The molecule has 0 radical (unpaired) electrons. The van der Waals surface area contributed by atoms with Gasteiger partial charge in [0.15, 0.2) is 0 Å². The third-order valence-corrected chi connectivity index (χ3v) is 4.34. The zero-order valence-corrected chi connectivity index (χ0v) is 13.7. The first-order chi connectivity index (χ1) is 11.8. The summed E-state index contributed by atoms with van der Waals surface area (Å²) in [5.74, 6) is 2.87. The molecule has 0 atom stereocenters. The summed E-state index contributed by atoms with van der Waals surface area (Å²) in [5, 5.41) is 1.000. The van der Waals surface area contributed by atoms with Crippen LogP contribution < -0.4 is 9.47 Å². The third kappa shape index (κ3) is 2.62. The predicted octanol–water partition coefficient (Wildman–Crippen LogP) is 5.56. The Kier molecular flexibility index (Phi) is 3.69. The average Bonchev–Trinajstić information content (AvgIpc) is 3.46. The van der Waals surface area contributed by atoms with Gasteiger partial charge in [-0.3, -0.25) is 4.98 Å². The maximum Gasteiger partial charge on any atom is 0.145 e. The van der Waals surface area contributed by atoms with Crippen LogP contribution in [0, 0.1) is 0 Å². The van der Waals surface area contributed by atoms with Crippen molar-refractivity contribution in [1.82, 2.24) is 4.98 Å². The van der Waals surface area contributed by atoms with Gasteiger partial charge in [-0.15, -0.1) is 0 Å². The zero-order chi connectivity index (χ0) is 16.5. The Balaban J connectivity index is 1.89. The first kappa shape index (κ1) is 14.8. The van der Waals surface area contributed by atoms with Crippen molar-refractivity contribution in [3.8, 4) is 17.2 Å². The first-order valence-electron chi connectivity index (χ1n) is 8.17. The van der Waals surface area contributed by atoms with Crippen molar-refractivity contribution in [2.24, 2.45) is 0 Å². The van der Waals surface area contributed by atoms with Crippen molar-refractivity contribution >= 4 is 17.0 Å². The molecular weight excluding hydrogens is 298 g/mol. The SMILES string of the molecule is C=Cc1c(C2CC2)nc2ccccc2c1Oc1cccc(OC)c1. The van der Waals surface area contributed by atoms with Gasteiger partial charge in [-0.05, 0) is 37.1 Å². The van der Waals surface area contributed by atoms with Crippen LogP contribution in [0.2, 0.25) is 0 Å². The Morgan fingerprint density at radius 2 is 1.88 bits per heavy atom. The molecule has 0 amide bonds. The van der Waals surface area contributed by atoms with E-state index < -0.39 is 0 Å². The second-order valence-corrected chi connectivity index (χ2v) is 6.02. The predicted molar refractivity (Wildman–Crippen MR) is 96.9 cm³/mol. The van der Waals surface area contributed by atoms with Gasteiger partial charge in [0.25, 0.3) is 0 Å². The molecule has 2 aromatic carbocycles. The van der Waals surface area contributed by atoms with Crippen LogP contribution in [0.15, 0.2) is 55.1 Å². The molecule has 0 spiro atoms. The van der Waals surface area contributed by atoms with E-state index in [1.165, 1.54) is 12.8 Å². The molecule has 0 saturated heterocycles. The van der Waals surface area contributed by atoms with Crippen LogP contribution in [0.4, 0.5) is 0 Å². The number of fused-ring (bicyclic) bond motifs is 1. The van der Waals surface area contributed by atoms with Gasteiger partial charge >= 0.3 is 0 Å². The quantitative estimate of drug-likeness (QED) is 0.617. The highest BCUT2D eigenvalue weighted by Crippen LogP contribution is 2.46. The minimum Gasteiger partial charge on any atom is -0.497 e. The van der Waals surface area contributed by atoms with Crippen LogP contribution in [0.25, 0.3) is 17.0 Å². The highest BCUT2D eigenvalue weighted by Gasteiger charge is 2.29. The van der Waals surface area contributed by atoms with Gasteiger partial charge in [0.1, 0.15) is 17.2 Å². The van der Waals surface area contributed by atoms with E-state index in [0.717, 1.165) is 39.4 Å². The molecule has 1 aromatic heterocycles. The van der Waals surface area contributed by atoms with E-state index in [2.05, 4.69) is 6.58 Å². The Labute approximate surface area is 141 Å². The zero-order valence-electron chi connectivity index (χ0n) is 13.7. The fourth-order valence-electron chi connectivity index (χ4n) is 2.97. The van der Waals surface area contributed by atoms with Gasteiger partial charge < -0.3 is 9.47 Å². The standard InChI is InChI=1S/C21H19NO2/c1-3-17-20(14-11-12-14)22-19-10-5-4-9-18(19)21(17)24-16-8-6-7-15(13-16)23-2/h3-10,13-14H,1,11-12H2,2H3. The van der Waals surface area contributed by atoms with Crippen molar-refractivity contribution in [1.29, 1.82) is 0 Å². The molecular formula is C21H19NO2. The molecule has 0 N–H and O–H groups in total. The summed E-state index contributed by atoms with van der Waals surface area (Å²) in [6.07, 6.45) is 4.23. The number of hydrogen-bond acceptors (Lipinski definition) is 3. The first-order valence-corrected chi connectivity index (χ1v) is 8.17. The van der Waals surface area contributed by atoms with E-state index in [9.17, 15) is 0 Å². The van der Waals surface area contributed by atoms with Crippen LogP contribution in [0.3, 0.4) is 0 Å². The lowest BCUT2D eigenvalue weighted by Crippen LogP contribution is -1.98. The van der Waals surface area contributed by atoms with Crippen molar-refractivity contribution in [3.05, 3.63) is 66.4 Å². The second-order valence-electron chi connectivity index (χ2n) is 6.02. The molecule has 3 aromatic rings. The molecule has 1 heterocycles.